The summed E-state index contributed by atoms with van der Waals surface area (Å²) >= 11 is 8.36. The van der Waals surface area contributed by atoms with Crippen molar-refractivity contribution in [1.29, 1.82) is 5.26 Å². The molecule has 2 rings (SSSR count). The van der Waals surface area contributed by atoms with Crippen LogP contribution in [-0.4, -0.2) is 13.2 Å². The highest BCUT2D eigenvalue weighted by Crippen LogP contribution is 2.35. The third kappa shape index (κ3) is 4.92. The summed E-state index contributed by atoms with van der Waals surface area (Å²) in [5.41, 5.74) is 1.98. The molecule has 5 heteroatoms. The average molecular weight is 464 g/mol. The number of terminal acetylenes is 1. The van der Waals surface area contributed by atoms with Gasteiger partial charge in [0.05, 0.1) is 21.8 Å². The number of hydrogen-bond donors (Lipinski definition) is 0. The van der Waals surface area contributed by atoms with Crippen LogP contribution in [0.1, 0.15) is 18.1 Å². The van der Waals surface area contributed by atoms with E-state index < -0.39 is 0 Å². The molecule has 0 atom stereocenters. The summed E-state index contributed by atoms with van der Waals surface area (Å²) in [4.78, 5) is 0. The lowest BCUT2D eigenvalue weighted by molar-refractivity contribution is 0.297. The minimum absolute atomic E-state index is 0.161. The highest BCUT2D eigenvalue weighted by molar-refractivity contribution is 14.1. The van der Waals surface area contributed by atoms with Crippen LogP contribution in [0.25, 0.3) is 11.6 Å². The van der Waals surface area contributed by atoms with Crippen LogP contribution in [0.3, 0.4) is 0 Å². The number of hydrogen-bond acceptors (Lipinski definition) is 3. The van der Waals surface area contributed by atoms with Crippen LogP contribution in [0, 0.1) is 27.2 Å². The standard InChI is InChI=1S/C20H15ClINO2/c1-3-9-25-20-18(22)11-14(12-19(20)24-4-2)10-15(13-23)16-7-5-6-8-17(16)21/h1,5-8,10-12H,4,9H2,2H3. The number of halogens is 2. The Bertz CT molecular complexity index is 878. The highest BCUT2D eigenvalue weighted by Gasteiger charge is 2.13. The predicted molar refractivity (Wildman–Crippen MR) is 110 cm³/mol. The third-order valence-corrected chi connectivity index (χ3v) is 4.36. The van der Waals surface area contributed by atoms with E-state index in [2.05, 4.69) is 34.6 Å². The van der Waals surface area contributed by atoms with Crippen molar-refractivity contribution in [3.8, 4) is 29.9 Å². The molecular weight excluding hydrogens is 449 g/mol. The number of nitriles is 1. The quantitative estimate of drug-likeness (QED) is 0.249. The van der Waals surface area contributed by atoms with Crippen LogP contribution >= 0.6 is 34.2 Å². The van der Waals surface area contributed by atoms with Crippen LogP contribution in [0.4, 0.5) is 0 Å². The summed E-state index contributed by atoms with van der Waals surface area (Å²) in [5.74, 6) is 3.64. The Hall–Kier alpha value is -2.15. The Morgan fingerprint density at radius 2 is 2.08 bits per heavy atom. The molecule has 0 bridgehead atoms. The van der Waals surface area contributed by atoms with E-state index >= 15 is 0 Å². The molecule has 0 N–H and O–H groups in total. The number of allylic oxidation sites excluding steroid dienone is 1. The van der Waals surface area contributed by atoms with Gasteiger partial charge in [0.1, 0.15) is 6.61 Å². The highest BCUT2D eigenvalue weighted by atomic mass is 127. The van der Waals surface area contributed by atoms with Crippen molar-refractivity contribution in [3.05, 3.63) is 56.1 Å². The van der Waals surface area contributed by atoms with E-state index in [0.29, 0.717) is 34.3 Å². The van der Waals surface area contributed by atoms with E-state index in [4.69, 9.17) is 27.5 Å². The molecule has 2 aromatic rings. The molecule has 0 radical (unpaired) electrons. The summed E-state index contributed by atoms with van der Waals surface area (Å²) in [6, 6.07) is 13.2. The molecule has 2 aromatic carbocycles. The van der Waals surface area contributed by atoms with E-state index in [0.717, 1.165) is 9.13 Å². The average Bonchev–Trinajstić information content (AvgIpc) is 2.60. The summed E-state index contributed by atoms with van der Waals surface area (Å²) < 4.78 is 12.1. The molecule has 3 nitrogen and oxygen atoms in total. The Morgan fingerprint density at radius 1 is 1.32 bits per heavy atom. The van der Waals surface area contributed by atoms with E-state index in [1.807, 2.05) is 37.3 Å². The van der Waals surface area contributed by atoms with E-state index in [1.165, 1.54) is 0 Å². The number of rotatable bonds is 6. The van der Waals surface area contributed by atoms with Crippen LogP contribution in [0.5, 0.6) is 11.5 Å². The van der Waals surface area contributed by atoms with Crippen LogP contribution in [0.2, 0.25) is 5.02 Å². The lowest BCUT2D eigenvalue weighted by Crippen LogP contribution is -2.01. The number of benzene rings is 2. The molecule has 0 spiro atoms. The smallest absolute Gasteiger partial charge is 0.175 e. The largest absolute Gasteiger partial charge is 0.490 e. The van der Waals surface area contributed by atoms with Crippen molar-refractivity contribution in [2.24, 2.45) is 0 Å². The van der Waals surface area contributed by atoms with Gasteiger partial charge in [-0.25, -0.2) is 0 Å². The maximum absolute atomic E-state index is 9.52. The first-order valence-corrected chi connectivity index (χ1v) is 8.95. The fourth-order valence-electron chi connectivity index (χ4n) is 2.20. The second-order valence-electron chi connectivity index (χ2n) is 4.91. The van der Waals surface area contributed by atoms with Gasteiger partial charge in [-0.3, -0.25) is 0 Å². The molecule has 0 aromatic heterocycles. The maximum atomic E-state index is 9.52. The Morgan fingerprint density at radius 3 is 2.72 bits per heavy atom. The van der Waals surface area contributed by atoms with E-state index in [1.54, 1.807) is 12.1 Å². The first kappa shape index (κ1) is 19.2. The van der Waals surface area contributed by atoms with Gasteiger partial charge in [0.2, 0.25) is 0 Å². The molecule has 0 aliphatic rings. The van der Waals surface area contributed by atoms with Gasteiger partial charge in [0, 0.05) is 10.6 Å². The first-order chi connectivity index (χ1) is 12.1. The number of ether oxygens (including phenoxy) is 2. The van der Waals surface area contributed by atoms with Crippen molar-refractivity contribution in [2.45, 2.75) is 6.92 Å². The third-order valence-electron chi connectivity index (χ3n) is 3.23. The van der Waals surface area contributed by atoms with Crippen molar-refractivity contribution < 1.29 is 9.47 Å². The topological polar surface area (TPSA) is 42.2 Å². The monoisotopic (exact) mass is 463 g/mol. The minimum atomic E-state index is 0.161. The van der Waals surface area contributed by atoms with E-state index in [-0.39, 0.29) is 6.61 Å². The molecule has 0 amide bonds. The van der Waals surface area contributed by atoms with Crippen molar-refractivity contribution in [2.75, 3.05) is 13.2 Å². The van der Waals surface area contributed by atoms with Crippen molar-refractivity contribution >= 4 is 45.8 Å². The van der Waals surface area contributed by atoms with Gasteiger partial charge in [0.25, 0.3) is 0 Å². The maximum Gasteiger partial charge on any atom is 0.175 e. The molecular formula is C20H15ClINO2. The Labute approximate surface area is 166 Å². The van der Waals surface area contributed by atoms with Crippen molar-refractivity contribution in [1.82, 2.24) is 0 Å². The molecule has 0 saturated heterocycles. The molecule has 0 heterocycles. The number of nitrogens with zero attached hydrogens (tertiary/aromatic N) is 1. The van der Waals surface area contributed by atoms with Crippen molar-refractivity contribution in [3.63, 3.8) is 0 Å². The lowest BCUT2D eigenvalue weighted by Gasteiger charge is -2.13. The zero-order chi connectivity index (χ0) is 18.2. The summed E-state index contributed by atoms with van der Waals surface area (Å²) in [6.07, 6.45) is 7.04. The molecule has 0 unspecified atom stereocenters. The van der Waals surface area contributed by atoms with Gasteiger partial charge in [-0.05, 0) is 59.4 Å². The van der Waals surface area contributed by atoms with Crippen LogP contribution in [-0.2, 0) is 0 Å². The van der Waals surface area contributed by atoms with Gasteiger partial charge in [-0.15, -0.1) is 6.42 Å². The molecule has 0 saturated carbocycles. The fourth-order valence-corrected chi connectivity index (χ4v) is 3.22. The SMILES string of the molecule is C#CCOc1c(I)cc(C=C(C#N)c2ccccc2Cl)cc1OCC. The molecule has 0 aliphatic heterocycles. The van der Waals surface area contributed by atoms with Gasteiger partial charge in [0.15, 0.2) is 11.5 Å². The molecule has 25 heavy (non-hydrogen) atoms. The molecule has 0 aliphatic carbocycles. The fraction of sp³-hybridized carbons (Fsp3) is 0.150. The molecule has 0 fully saturated rings. The second kappa shape index (κ2) is 9.36. The zero-order valence-electron chi connectivity index (χ0n) is 13.6. The Kier molecular flexibility index (Phi) is 7.18. The molecule has 126 valence electrons. The van der Waals surface area contributed by atoms with Gasteiger partial charge in [-0.1, -0.05) is 35.7 Å². The van der Waals surface area contributed by atoms with Gasteiger partial charge >= 0.3 is 0 Å². The minimum Gasteiger partial charge on any atom is -0.490 e. The van der Waals surface area contributed by atoms with Gasteiger partial charge < -0.3 is 9.47 Å². The van der Waals surface area contributed by atoms with Gasteiger partial charge in [-0.2, -0.15) is 5.26 Å². The normalized spacial score (nSPS) is 10.7. The van der Waals surface area contributed by atoms with E-state index in [9.17, 15) is 5.26 Å². The summed E-state index contributed by atoms with van der Waals surface area (Å²) in [7, 11) is 0. The summed E-state index contributed by atoms with van der Waals surface area (Å²) in [6.45, 7) is 2.55. The first-order valence-electron chi connectivity index (χ1n) is 7.50. The lowest BCUT2D eigenvalue weighted by atomic mass is 10.0. The second-order valence-corrected chi connectivity index (χ2v) is 6.47. The zero-order valence-corrected chi connectivity index (χ0v) is 16.5. The van der Waals surface area contributed by atoms with Crippen LogP contribution in [0.15, 0.2) is 36.4 Å². The Balaban J connectivity index is 2.50. The predicted octanol–water partition coefficient (Wildman–Crippen LogP) is 5.42. The van der Waals surface area contributed by atoms with Crippen LogP contribution < -0.4 is 9.47 Å². The summed E-state index contributed by atoms with van der Waals surface area (Å²) in [5, 5.41) is 10.1.